The number of carbonyl (C=O) groups excluding carboxylic acids is 1. The van der Waals surface area contributed by atoms with Gasteiger partial charge in [-0.2, -0.15) is 11.8 Å². The van der Waals surface area contributed by atoms with E-state index < -0.39 is 0 Å². The third-order valence-corrected chi connectivity index (χ3v) is 6.17. The molecule has 2 heterocycles. The van der Waals surface area contributed by atoms with E-state index in [-0.39, 0.29) is 11.7 Å². The molecule has 0 spiro atoms. The van der Waals surface area contributed by atoms with Crippen LogP contribution < -0.4 is 5.32 Å². The van der Waals surface area contributed by atoms with Crippen LogP contribution in [0.4, 0.5) is 10.1 Å². The van der Waals surface area contributed by atoms with E-state index in [0.717, 1.165) is 47.0 Å². The molecule has 4 nitrogen and oxygen atoms in total. The maximum atomic E-state index is 14.5. The summed E-state index contributed by atoms with van der Waals surface area (Å²) in [7, 11) is 0. The molecule has 30 heavy (non-hydrogen) atoms. The lowest BCUT2D eigenvalue weighted by Crippen LogP contribution is -2.38. The van der Waals surface area contributed by atoms with E-state index in [9.17, 15) is 9.18 Å². The fourth-order valence-corrected chi connectivity index (χ4v) is 4.35. The summed E-state index contributed by atoms with van der Waals surface area (Å²) in [5, 5.41) is 3.26. The predicted octanol–water partition coefficient (Wildman–Crippen LogP) is 4.62. The molecule has 1 fully saturated rings. The Morgan fingerprint density at radius 3 is 2.43 bits per heavy atom. The van der Waals surface area contributed by atoms with Crippen molar-refractivity contribution in [2.75, 3.05) is 29.9 Å². The number of nitrogens with one attached hydrogen (secondary N) is 1. The van der Waals surface area contributed by atoms with Crippen molar-refractivity contribution >= 4 is 23.4 Å². The number of hydrogen-bond acceptors (Lipinski definition) is 4. The second-order valence-electron chi connectivity index (χ2n) is 7.26. The standard InChI is InChI=1S/C24H24FN3OS/c25-23-16-20(19-7-9-26-10-8-19)3-4-21(23)17-27-22-5-1-18(2-6-22)15-24(29)28-11-13-30-14-12-28/h1-10,16,27H,11-15,17H2. The van der Waals surface area contributed by atoms with Crippen LogP contribution in [0.3, 0.4) is 0 Å². The molecule has 0 bridgehead atoms. The van der Waals surface area contributed by atoms with Crippen LogP contribution >= 0.6 is 11.8 Å². The van der Waals surface area contributed by atoms with Crippen molar-refractivity contribution in [1.82, 2.24) is 9.88 Å². The molecule has 1 aliphatic heterocycles. The van der Waals surface area contributed by atoms with Crippen molar-refractivity contribution in [2.45, 2.75) is 13.0 Å². The molecule has 0 radical (unpaired) electrons. The predicted molar refractivity (Wildman–Crippen MR) is 121 cm³/mol. The second kappa shape index (κ2) is 9.76. The van der Waals surface area contributed by atoms with Crippen LogP contribution in [0, 0.1) is 5.82 Å². The van der Waals surface area contributed by atoms with Gasteiger partial charge in [0, 0.05) is 54.8 Å². The largest absolute Gasteiger partial charge is 0.381 e. The minimum absolute atomic E-state index is 0.187. The third kappa shape index (κ3) is 5.19. The van der Waals surface area contributed by atoms with E-state index in [1.165, 1.54) is 0 Å². The highest BCUT2D eigenvalue weighted by Crippen LogP contribution is 2.22. The Labute approximate surface area is 180 Å². The van der Waals surface area contributed by atoms with Gasteiger partial charge in [-0.1, -0.05) is 24.3 Å². The zero-order valence-corrected chi connectivity index (χ0v) is 17.5. The number of thioether (sulfide) groups is 1. The summed E-state index contributed by atoms with van der Waals surface area (Å²) in [5.74, 6) is 2.00. The minimum atomic E-state index is -0.237. The molecule has 1 amide bonds. The maximum Gasteiger partial charge on any atom is 0.227 e. The van der Waals surface area contributed by atoms with Gasteiger partial charge in [-0.05, 0) is 47.0 Å². The summed E-state index contributed by atoms with van der Waals surface area (Å²) in [5.41, 5.74) is 4.28. The highest BCUT2D eigenvalue weighted by Gasteiger charge is 2.16. The van der Waals surface area contributed by atoms with Crippen molar-refractivity contribution in [2.24, 2.45) is 0 Å². The maximum absolute atomic E-state index is 14.5. The zero-order chi connectivity index (χ0) is 20.8. The molecule has 6 heteroatoms. The van der Waals surface area contributed by atoms with Gasteiger partial charge in [0.05, 0.1) is 6.42 Å². The Morgan fingerprint density at radius 2 is 1.73 bits per heavy atom. The number of benzene rings is 2. The lowest BCUT2D eigenvalue weighted by atomic mass is 10.0. The van der Waals surface area contributed by atoms with Gasteiger partial charge >= 0.3 is 0 Å². The summed E-state index contributed by atoms with van der Waals surface area (Å²) in [4.78, 5) is 18.3. The Bertz CT molecular complexity index is 989. The molecule has 154 valence electrons. The molecule has 0 atom stereocenters. The van der Waals surface area contributed by atoms with Gasteiger partial charge in [0.2, 0.25) is 5.91 Å². The van der Waals surface area contributed by atoms with Crippen LogP contribution in [0.25, 0.3) is 11.1 Å². The van der Waals surface area contributed by atoms with Crippen molar-refractivity contribution in [3.05, 3.63) is 83.9 Å². The molecule has 0 saturated carbocycles. The molecule has 0 aliphatic carbocycles. The van der Waals surface area contributed by atoms with Gasteiger partial charge in [0.15, 0.2) is 0 Å². The number of nitrogens with zero attached hydrogens (tertiary/aromatic N) is 2. The Morgan fingerprint density at radius 1 is 1.00 bits per heavy atom. The average molecular weight is 422 g/mol. The Kier molecular flexibility index (Phi) is 6.64. The molecule has 1 saturated heterocycles. The quantitative estimate of drug-likeness (QED) is 0.631. The lowest BCUT2D eigenvalue weighted by molar-refractivity contribution is -0.130. The smallest absolute Gasteiger partial charge is 0.227 e. The summed E-state index contributed by atoms with van der Waals surface area (Å²) in [6.07, 6.45) is 3.83. The van der Waals surface area contributed by atoms with E-state index in [0.29, 0.717) is 18.5 Å². The number of carbonyl (C=O) groups is 1. The van der Waals surface area contributed by atoms with E-state index >= 15 is 0 Å². The SMILES string of the molecule is O=C(Cc1ccc(NCc2ccc(-c3ccncc3)cc2F)cc1)N1CCSCC1. The highest BCUT2D eigenvalue weighted by atomic mass is 32.2. The van der Waals surface area contributed by atoms with E-state index in [1.54, 1.807) is 18.5 Å². The molecule has 2 aromatic carbocycles. The zero-order valence-electron chi connectivity index (χ0n) is 16.7. The van der Waals surface area contributed by atoms with Gasteiger partial charge < -0.3 is 10.2 Å². The van der Waals surface area contributed by atoms with Gasteiger partial charge in [-0.3, -0.25) is 9.78 Å². The summed E-state index contributed by atoms with van der Waals surface area (Å²) >= 11 is 1.90. The first kappa shape index (κ1) is 20.4. The number of rotatable bonds is 6. The second-order valence-corrected chi connectivity index (χ2v) is 8.49. The molecule has 0 unspecified atom stereocenters. The number of amides is 1. The van der Waals surface area contributed by atoms with Gasteiger partial charge in [0.1, 0.15) is 5.82 Å². The van der Waals surface area contributed by atoms with Crippen LogP contribution in [0.15, 0.2) is 67.0 Å². The molecule has 3 aromatic rings. The molecule has 4 rings (SSSR count). The monoisotopic (exact) mass is 421 g/mol. The van der Waals surface area contributed by atoms with Crippen LogP contribution in [0.2, 0.25) is 0 Å². The fraction of sp³-hybridized carbons (Fsp3) is 0.250. The summed E-state index contributed by atoms with van der Waals surface area (Å²) in [6.45, 7) is 2.08. The number of hydrogen-bond donors (Lipinski definition) is 1. The number of anilines is 1. The molecular weight excluding hydrogens is 397 g/mol. The molecule has 1 aliphatic rings. The fourth-order valence-electron chi connectivity index (χ4n) is 3.45. The van der Waals surface area contributed by atoms with Crippen molar-refractivity contribution in [1.29, 1.82) is 0 Å². The van der Waals surface area contributed by atoms with Crippen LogP contribution in [-0.4, -0.2) is 40.4 Å². The summed E-state index contributed by atoms with van der Waals surface area (Å²) < 4.78 is 14.5. The number of halogens is 1. The van der Waals surface area contributed by atoms with Crippen LogP contribution in [-0.2, 0) is 17.8 Å². The molecule has 1 N–H and O–H groups in total. The van der Waals surface area contributed by atoms with E-state index in [4.69, 9.17) is 0 Å². The van der Waals surface area contributed by atoms with Crippen molar-refractivity contribution < 1.29 is 9.18 Å². The van der Waals surface area contributed by atoms with Crippen LogP contribution in [0.5, 0.6) is 0 Å². The molecule has 1 aromatic heterocycles. The van der Waals surface area contributed by atoms with E-state index in [2.05, 4.69) is 10.3 Å². The topological polar surface area (TPSA) is 45.2 Å². The van der Waals surface area contributed by atoms with Crippen molar-refractivity contribution in [3.8, 4) is 11.1 Å². The third-order valence-electron chi connectivity index (χ3n) is 5.22. The van der Waals surface area contributed by atoms with Gasteiger partial charge in [-0.25, -0.2) is 4.39 Å². The van der Waals surface area contributed by atoms with Crippen LogP contribution in [0.1, 0.15) is 11.1 Å². The highest BCUT2D eigenvalue weighted by molar-refractivity contribution is 7.99. The van der Waals surface area contributed by atoms with E-state index in [1.807, 2.05) is 65.2 Å². The Balaban J connectivity index is 1.33. The first-order valence-electron chi connectivity index (χ1n) is 10.1. The Hall–Kier alpha value is -2.86. The minimum Gasteiger partial charge on any atom is -0.381 e. The van der Waals surface area contributed by atoms with Gasteiger partial charge in [0.25, 0.3) is 0 Å². The van der Waals surface area contributed by atoms with Crippen molar-refractivity contribution in [3.63, 3.8) is 0 Å². The molecular formula is C24H24FN3OS. The summed E-state index contributed by atoms with van der Waals surface area (Å²) in [6, 6.07) is 16.8. The first-order chi connectivity index (χ1) is 14.7. The number of pyridine rings is 1. The average Bonchev–Trinajstić information content (AvgIpc) is 2.80. The number of aromatic nitrogens is 1. The first-order valence-corrected chi connectivity index (χ1v) is 11.2. The lowest BCUT2D eigenvalue weighted by Gasteiger charge is -2.26. The normalized spacial score (nSPS) is 13.8. The van der Waals surface area contributed by atoms with Gasteiger partial charge in [-0.15, -0.1) is 0 Å².